The quantitative estimate of drug-likeness (QED) is 0.505. The molecule has 1 spiro atoms. The van der Waals surface area contributed by atoms with Crippen molar-refractivity contribution in [2.75, 3.05) is 39.9 Å². The number of nitrogens with zero attached hydrogens (tertiary/aromatic N) is 2. The van der Waals surface area contributed by atoms with Crippen LogP contribution in [0.15, 0.2) is 54.6 Å². The molecule has 5 nitrogen and oxygen atoms in total. The third kappa shape index (κ3) is 5.00. The lowest BCUT2D eigenvalue weighted by Crippen LogP contribution is -2.63. The number of carbonyl (C=O) groups excluding carboxylic acids is 1. The van der Waals surface area contributed by atoms with E-state index >= 15 is 4.39 Å². The molecule has 2 aliphatic heterocycles. The van der Waals surface area contributed by atoms with E-state index in [-0.39, 0.29) is 16.9 Å². The molecule has 3 aromatic carbocycles. The summed E-state index contributed by atoms with van der Waals surface area (Å²) in [5.74, 6) is -1.15. The number of hydrogen-bond acceptors (Lipinski definition) is 4. The molecule has 3 aromatic rings. The van der Waals surface area contributed by atoms with Crippen LogP contribution in [0.2, 0.25) is 0 Å². The lowest BCUT2D eigenvalue weighted by molar-refractivity contribution is -0.00721. The maximum absolute atomic E-state index is 15.3. The van der Waals surface area contributed by atoms with Gasteiger partial charge in [-0.15, -0.1) is 0 Å². The average Bonchev–Trinajstić information content (AvgIpc) is 2.90. The van der Waals surface area contributed by atoms with E-state index in [9.17, 15) is 9.18 Å². The van der Waals surface area contributed by atoms with E-state index in [4.69, 9.17) is 10.00 Å². The van der Waals surface area contributed by atoms with Gasteiger partial charge in [-0.2, -0.15) is 5.26 Å². The summed E-state index contributed by atoms with van der Waals surface area (Å²) in [6.45, 7) is 3.84. The number of nitriles is 1. The highest BCUT2D eigenvalue weighted by atomic mass is 19.1. The molecule has 0 aromatic heterocycles. The van der Waals surface area contributed by atoms with Crippen molar-refractivity contribution in [2.24, 2.45) is 5.41 Å². The van der Waals surface area contributed by atoms with Crippen molar-refractivity contribution in [1.29, 1.82) is 5.26 Å². The maximum atomic E-state index is 15.3. The molecule has 2 saturated heterocycles. The van der Waals surface area contributed by atoms with Crippen LogP contribution in [-0.4, -0.2) is 50.7 Å². The standard InChI is InChI=1S/C30H29F2N3O2/c1-37-12-9-20-3-7-25(28(32)13-20)24-8-6-22(14-26(24)21-4-5-23(16-33)27(31)15-21)29(36)35-18-30(19-35)10-2-11-34-17-30/h3-8,13-15,34H,2,9-12,17-19H2,1H3. The SMILES string of the molecule is COCCc1ccc(-c2ccc(C(=O)N3CC4(CCCNC4)C3)cc2-c2ccc(C#N)c(F)c2)c(F)c1. The minimum Gasteiger partial charge on any atom is -0.384 e. The van der Waals surface area contributed by atoms with Crippen LogP contribution in [0.3, 0.4) is 0 Å². The first kappa shape index (κ1) is 25.1. The number of halogens is 2. The van der Waals surface area contributed by atoms with Crippen molar-refractivity contribution in [3.05, 3.63) is 82.9 Å². The number of ether oxygens (including phenoxy) is 1. The van der Waals surface area contributed by atoms with E-state index < -0.39 is 11.6 Å². The highest BCUT2D eigenvalue weighted by Crippen LogP contribution is 2.39. The van der Waals surface area contributed by atoms with Crippen LogP contribution in [-0.2, 0) is 11.2 Å². The summed E-state index contributed by atoms with van der Waals surface area (Å²) in [6.07, 6.45) is 2.81. The predicted molar refractivity (Wildman–Crippen MR) is 138 cm³/mol. The van der Waals surface area contributed by atoms with Crippen LogP contribution in [0.5, 0.6) is 0 Å². The lowest BCUT2D eigenvalue weighted by atomic mass is 9.73. The number of carbonyl (C=O) groups is 1. The van der Waals surface area contributed by atoms with E-state index in [0.29, 0.717) is 53.9 Å². The molecule has 1 N–H and O–H groups in total. The Kier molecular flexibility index (Phi) is 7.05. The molecule has 1 amide bonds. The zero-order valence-electron chi connectivity index (χ0n) is 20.8. The number of piperidine rings is 1. The Hall–Kier alpha value is -3.60. The fourth-order valence-electron chi connectivity index (χ4n) is 5.47. The number of methoxy groups -OCH3 is 1. The molecule has 0 saturated carbocycles. The largest absolute Gasteiger partial charge is 0.384 e. The van der Waals surface area contributed by atoms with Gasteiger partial charge in [-0.25, -0.2) is 8.78 Å². The minimum absolute atomic E-state index is 0.0711. The summed E-state index contributed by atoms with van der Waals surface area (Å²) in [5.41, 5.74) is 3.28. The number of hydrogen-bond donors (Lipinski definition) is 1. The molecular weight excluding hydrogens is 472 g/mol. The molecule has 2 fully saturated rings. The third-order valence-corrected chi connectivity index (χ3v) is 7.49. The fraction of sp³-hybridized carbons (Fsp3) is 0.333. The summed E-state index contributed by atoms with van der Waals surface area (Å²) in [4.78, 5) is 15.2. The Bertz CT molecular complexity index is 1370. The van der Waals surface area contributed by atoms with Gasteiger partial charge in [-0.3, -0.25) is 4.79 Å². The van der Waals surface area contributed by atoms with Crippen molar-refractivity contribution >= 4 is 5.91 Å². The van der Waals surface area contributed by atoms with Crippen LogP contribution in [0.25, 0.3) is 22.3 Å². The van der Waals surface area contributed by atoms with Crippen molar-refractivity contribution in [3.8, 4) is 28.3 Å². The van der Waals surface area contributed by atoms with Gasteiger partial charge in [-0.1, -0.05) is 24.3 Å². The topological polar surface area (TPSA) is 65.4 Å². The zero-order valence-corrected chi connectivity index (χ0v) is 20.8. The Morgan fingerprint density at radius 3 is 2.54 bits per heavy atom. The van der Waals surface area contributed by atoms with Gasteiger partial charge in [0.05, 0.1) is 12.2 Å². The molecule has 37 heavy (non-hydrogen) atoms. The molecule has 0 unspecified atom stereocenters. The second-order valence-electron chi connectivity index (χ2n) is 10.1. The van der Waals surface area contributed by atoms with Crippen molar-refractivity contribution in [3.63, 3.8) is 0 Å². The normalized spacial score (nSPS) is 16.3. The first-order valence-electron chi connectivity index (χ1n) is 12.5. The van der Waals surface area contributed by atoms with E-state index in [1.54, 1.807) is 37.4 Å². The van der Waals surface area contributed by atoms with E-state index in [1.165, 1.54) is 18.2 Å². The van der Waals surface area contributed by atoms with Gasteiger partial charge in [0.1, 0.15) is 17.7 Å². The molecule has 0 atom stereocenters. The van der Waals surface area contributed by atoms with E-state index in [2.05, 4.69) is 5.32 Å². The van der Waals surface area contributed by atoms with E-state index in [1.807, 2.05) is 17.0 Å². The average molecular weight is 502 g/mol. The summed E-state index contributed by atoms with van der Waals surface area (Å²) in [7, 11) is 1.60. The Balaban J connectivity index is 1.51. The summed E-state index contributed by atoms with van der Waals surface area (Å²) in [6, 6.07) is 16.3. The van der Waals surface area contributed by atoms with Gasteiger partial charge in [0.15, 0.2) is 0 Å². The smallest absolute Gasteiger partial charge is 0.253 e. The molecule has 5 rings (SSSR count). The van der Waals surface area contributed by atoms with Gasteiger partial charge in [0, 0.05) is 43.3 Å². The summed E-state index contributed by atoms with van der Waals surface area (Å²) in [5, 5.41) is 12.6. The molecule has 0 bridgehead atoms. The third-order valence-electron chi connectivity index (χ3n) is 7.49. The second-order valence-corrected chi connectivity index (χ2v) is 10.1. The van der Waals surface area contributed by atoms with Crippen LogP contribution in [0, 0.1) is 28.4 Å². The second kappa shape index (κ2) is 10.4. The van der Waals surface area contributed by atoms with E-state index in [0.717, 1.165) is 31.5 Å². The van der Waals surface area contributed by atoms with Crippen LogP contribution >= 0.6 is 0 Å². The molecule has 190 valence electrons. The van der Waals surface area contributed by atoms with Crippen molar-refractivity contribution in [2.45, 2.75) is 19.3 Å². The van der Waals surface area contributed by atoms with Crippen molar-refractivity contribution in [1.82, 2.24) is 10.2 Å². The van der Waals surface area contributed by atoms with Crippen molar-refractivity contribution < 1.29 is 18.3 Å². The molecular formula is C30H29F2N3O2. The van der Waals surface area contributed by atoms with Crippen LogP contribution in [0.4, 0.5) is 8.78 Å². The summed E-state index contributed by atoms with van der Waals surface area (Å²) >= 11 is 0. The number of amides is 1. The Labute approximate surface area is 215 Å². The molecule has 7 heteroatoms. The molecule has 0 aliphatic carbocycles. The predicted octanol–water partition coefficient (Wildman–Crippen LogP) is 5.18. The van der Waals surface area contributed by atoms with Gasteiger partial charge < -0.3 is 15.0 Å². The number of rotatable bonds is 6. The summed E-state index contributed by atoms with van der Waals surface area (Å²) < 4.78 is 34.9. The highest BCUT2D eigenvalue weighted by molar-refractivity contribution is 5.98. The van der Waals surface area contributed by atoms with Gasteiger partial charge in [0.2, 0.25) is 0 Å². The van der Waals surface area contributed by atoms with Crippen LogP contribution in [0.1, 0.15) is 34.3 Å². The monoisotopic (exact) mass is 501 g/mol. The van der Waals surface area contributed by atoms with Gasteiger partial charge in [-0.05, 0) is 78.4 Å². The highest BCUT2D eigenvalue weighted by Gasteiger charge is 2.45. The zero-order chi connectivity index (χ0) is 26.0. The number of likely N-dealkylation sites (tertiary alicyclic amines) is 1. The van der Waals surface area contributed by atoms with Gasteiger partial charge in [0.25, 0.3) is 5.91 Å². The first-order valence-corrected chi connectivity index (χ1v) is 12.5. The molecule has 2 heterocycles. The number of nitrogens with one attached hydrogen (secondary N) is 1. The van der Waals surface area contributed by atoms with Crippen LogP contribution < -0.4 is 5.32 Å². The maximum Gasteiger partial charge on any atom is 0.253 e. The Morgan fingerprint density at radius 2 is 1.86 bits per heavy atom. The molecule has 0 radical (unpaired) electrons. The fourth-order valence-corrected chi connectivity index (χ4v) is 5.47. The minimum atomic E-state index is -0.660. The molecule has 2 aliphatic rings. The van der Waals surface area contributed by atoms with Gasteiger partial charge >= 0.3 is 0 Å². The Morgan fingerprint density at radius 1 is 1.05 bits per heavy atom. The lowest BCUT2D eigenvalue weighted by Gasteiger charge is -2.52. The first-order chi connectivity index (χ1) is 17.9. The number of benzene rings is 3.